The van der Waals surface area contributed by atoms with Gasteiger partial charge < -0.3 is 14.6 Å². The standard InChI is InChI=1S/C18H22N4O2S/c1-11(2)24-15-7-6-12(8-13(15)10-22(3)4)16-14(9-19)17(23)21-18(20-16)25-5/h6-8,11H,10H2,1-5H3,(H,20,21,23). The number of rotatable bonds is 6. The lowest BCUT2D eigenvalue weighted by molar-refractivity contribution is 0.236. The lowest BCUT2D eigenvalue weighted by Crippen LogP contribution is -2.16. The largest absolute Gasteiger partial charge is 0.491 e. The predicted molar refractivity (Wildman–Crippen MR) is 99.9 cm³/mol. The molecular formula is C18H22N4O2S. The Labute approximate surface area is 151 Å². The van der Waals surface area contributed by atoms with E-state index in [1.807, 2.05) is 63.4 Å². The zero-order chi connectivity index (χ0) is 18.6. The minimum absolute atomic E-state index is 0.0196. The highest BCUT2D eigenvalue weighted by Crippen LogP contribution is 2.29. The minimum atomic E-state index is -0.423. The summed E-state index contributed by atoms with van der Waals surface area (Å²) in [5.74, 6) is 0.792. The van der Waals surface area contributed by atoms with Gasteiger partial charge in [-0.15, -0.1) is 0 Å². The summed E-state index contributed by atoms with van der Waals surface area (Å²) in [7, 11) is 3.95. The Morgan fingerprint density at radius 3 is 2.68 bits per heavy atom. The molecule has 0 aliphatic heterocycles. The maximum Gasteiger partial charge on any atom is 0.270 e. The van der Waals surface area contributed by atoms with E-state index in [0.717, 1.165) is 16.9 Å². The number of ether oxygens (including phenoxy) is 1. The van der Waals surface area contributed by atoms with Gasteiger partial charge in [-0.25, -0.2) is 4.98 Å². The number of hydrogen-bond acceptors (Lipinski definition) is 6. The summed E-state index contributed by atoms with van der Waals surface area (Å²) in [4.78, 5) is 21.2. The van der Waals surface area contributed by atoms with Crippen molar-refractivity contribution in [3.63, 3.8) is 0 Å². The summed E-state index contributed by atoms with van der Waals surface area (Å²) in [6, 6.07) is 7.61. The van der Waals surface area contributed by atoms with E-state index in [1.165, 1.54) is 11.8 Å². The molecule has 0 fully saturated rings. The SMILES string of the molecule is CSc1nc(-c2ccc(OC(C)C)c(CN(C)C)c2)c(C#N)c(=O)[nH]1. The van der Waals surface area contributed by atoms with Crippen LogP contribution in [0.5, 0.6) is 5.75 Å². The molecule has 0 spiro atoms. The fraction of sp³-hybridized carbons (Fsp3) is 0.389. The van der Waals surface area contributed by atoms with Crippen LogP contribution in [0.1, 0.15) is 25.0 Å². The van der Waals surface area contributed by atoms with Crippen LogP contribution < -0.4 is 10.3 Å². The van der Waals surface area contributed by atoms with Crippen LogP contribution in [0, 0.1) is 11.3 Å². The van der Waals surface area contributed by atoms with Crippen molar-refractivity contribution in [1.29, 1.82) is 5.26 Å². The van der Waals surface area contributed by atoms with Crippen LogP contribution in [0.4, 0.5) is 0 Å². The fourth-order valence-electron chi connectivity index (χ4n) is 2.42. The Morgan fingerprint density at radius 1 is 1.40 bits per heavy atom. The number of aromatic nitrogens is 2. The van der Waals surface area contributed by atoms with Gasteiger partial charge in [-0.3, -0.25) is 4.79 Å². The maximum absolute atomic E-state index is 12.1. The number of H-pyrrole nitrogens is 1. The number of thioether (sulfide) groups is 1. The Kier molecular flexibility index (Phi) is 6.23. The zero-order valence-electron chi connectivity index (χ0n) is 15.1. The van der Waals surface area contributed by atoms with E-state index in [1.54, 1.807) is 0 Å². The third-order valence-corrected chi connectivity index (χ3v) is 3.97. The van der Waals surface area contributed by atoms with Crippen LogP contribution in [-0.4, -0.2) is 41.3 Å². The molecule has 7 heteroatoms. The molecule has 0 unspecified atom stereocenters. The van der Waals surface area contributed by atoms with Gasteiger partial charge in [0.15, 0.2) is 5.16 Å². The second kappa shape index (κ2) is 8.19. The average molecular weight is 358 g/mol. The molecule has 132 valence electrons. The van der Waals surface area contributed by atoms with Gasteiger partial charge in [0.05, 0.1) is 11.8 Å². The highest BCUT2D eigenvalue weighted by Gasteiger charge is 2.16. The summed E-state index contributed by atoms with van der Waals surface area (Å²) >= 11 is 1.33. The first-order chi connectivity index (χ1) is 11.8. The van der Waals surface area contributed by atoms with E-state index < -0.39 is 5.56 Å². The van der Waals surface area contributed by atoms with Crippen molar-refractivity contribution in [2.75, 3.05) is 20.4 Å². The average Bonchev–Trinajstić information content (AvgIpc) is 2.54. The van der Waals surface area contributed by atoms with Gasteiger partial charge in [0, 0.05) is 17.7 Å². The van der Waals surface area contributed by atoms with Gasteiger partial charge in [0.25, 0.3) is 5.56 Å². The van der Waals surface area contributed by atoms with Gasteiger partial charge >= 0.3 is 0 Å². The first-order valence-corrected chi connectivity index (χ1v) is 9.11. The molecule has 0 atom stereocenters. The Morgan fingerprint density at radius 2 is 2.12 bits per heavy atom. The van der Waals surface area contributed by atoms with Crippen molar-refractivity contribution in [1.82, 2.24) is 14.9 Å². The monoisotopic (exact) mass is 358 g/mol. The molecule has 1 aromatic heterocycles. The summed E-state index contributed by atoms with van der Waals surface area (Å²) < 4.78 is 5.88. The van der Waals surface area contributed by atoms with Gasteiger partial charge in [-0.2, -0.15) is 5.26 Å². The van der Waals surface area contributed by atoms with Crippen molar-refractivity contribution in [2.45, 2.75) is 31.7 Å². The van der Waals surface area contributed by atoms with Crippen LogP contribution in [0.3, 0.4) is 0 Å². The van der Waals surface area contributed by atoms with Crippen molar-refractivity contribution in [2.24, 2.45) is 0 Å². The molecule has 0 amide bonds. The van der Waals surface area contributed by atoms with E-state index in [0.29, 0.717) is 17.4 Å². The van der Waals surface area contributed by atoms with E-state index in [-0.39, 0.29) is 11.7 Å². The quantitative estimate of drug-likeness (QED) is 0.632. The van der Waals surface area contributed by atoms with E-state index >= 15 is 0 Å². The van der Waals surface area contributed by atoms with Crippen molar-refractivity contribution >= 4 is 11.8 Å². The van der Waals surface area contributed by atoms with Crippen LogP contribution in [0.2, 0.25) is 0 Å². The molecule has 0 radical (unpaired) electrons. The minimum Gasteiger partial charge on any atom is -0.491 e. The summed E-state index contributed by atoms with van der Waals surface area (Å²) in [5.41, 5.74) is 1.70. The fourth-order valence-corrected chi connectivity index (χ4v) is 2.80. The highest BCUT2D eigenvalue weighted by molar-refractivity contribution is 7.98. The lowest BCUT2D eigenvalue weighted by atomic mass is 10.0. The van der Waals surface area contributed by atoms with E-state index in [9.17, 15) is 10.1 Å². The topological polar surface area (TPSA) is 82.0 Å². The van der Waals surface area contributed by atoms with Crippen molar-refractivity contribution < 1.29 is 4.74 Å². The number of nitrogens with zero attached hydrogens (tertiary/aromatic N) is 3. The molecule has 0 saturated heterocycles. The molecule has 1 N–H and O–H groups in total. The van der Waals surface area contributed by atoms with Crippen LogP contribution >= 0.6 is 11.8 Å². The molecule has 0 saturated carbocycles. The molecule has 1 heterocycles. The predicted octanol–water partition coefficient (Wildman–Crippen LogP) is 2.88. The molecule has 0 bridgehead atoms. The number of aromatic amines is 1. The zero-order valence-corrected chi connectivity index (χ0v) is 15.9. The molecule has 6 nitrogen and oxygen atoms in total. The summed E-state index contributed by atoms with van der Waals surface area (Å²) in [6.07, 6.45) is 1.88. The number of hydrogen-bond donors (Lipinski definition) is 1. The van der Waals surface area contributed by atoms with Gasteiger partial charge in [0.2, 0.25) is 0 Å². The summed E-state index contributed by atoms with van der Waals surface area (Å²) in [5, 5.41) is 9.84. The first kappa shape index (κ1) is 19.0. The van der Waals surface area contributed by atoms with E-state index in [4.69, 9.17) is 4.74 Å². The van der Waals surface area contributed by atoms with E-state index in [2.05, 4.69) is 9.97 Å². The van der Waals surface area contributed by atoms with Gasteiger partial charge in [-0.05, 0) is 52.4 Å². The third kappa shape index (κ3) is 4.62. The van der Waals surface area contributed by atoms with Crippen molar-refractivity contribution in [3.05, 3.63) is 39.7 Å². The first-order valence-electron chi connectivity index (χ1n) is 7.88. The number of nitriles is 1. The molecule has 0 aliphatic rings. The Hall–Kier alpha value is -2.30. The molecule has 0 aliphatic carbocycles. The third-order valence-electron chi connectivity index (χ3n) is 3.39. The lowest BCUT2D eigenvalue weighted by Gasteiger charge is -2.18. The maximum atomic E-state index is 12.1. The second-order valence-electron chi connectivity index (χ2n) is 6.14. The number of nitrogens with one attached hydrogen (secondary N) is 1. The van der Waals surface area contributed by atoms with Crippen molar-refractivity contribution in [3.8, 4) is 23.1 Å². The molecule has 2 rings (SSSR count). The normalized spacial score (nSPS) is 11.0. The Balaban J connectivity index is 2.62. The molecule has 2 aromatic rings. The smallest absolute Gasteiger partial charge is 0.270 e. The van der Waals surface area contributed by atoms with Crippen LogP contribution in [0.25, 0.3) is 11.3 Å². The molecule has 1 aromatic carbocycles. The summed E-state index contributed by atoms with van der Waals surface area (Å²) in [6.45, 7) is 4.63. The van der Waals surface area contributed by atoms with Gasteiger partial charge in [0.1, 0.15) is 17.4 Å². The van der Waals surface area contributed by atoms with Gasteiger partial charge in [-0.1, -0.05) is 11.8 Å². The Bertz CT molecular complexity index is 853. The second-order valence-corrected chi connectivity index (χ2v) is 6.93. The number of benzene rings is 1. The highest BCUT2D eigenvalue weighted by atomic mass is 32.2. The molecule has 25 heavy (non-hydrogen) atoms. The van der Waals surface area contributed by atoms with Crippen LogP contribution in [0.15, 0.2) is 28.2 Å². The van der Waals surface area contributed by atoms with Crippen LogP contribution in [-0.2, 0) is 6.54 Å². The molecular weight excluding hydrogens is 336 g/mol.